The molecule has 1 rings (SSSR count). The van der Waals surface area contributed by atoms with E-state index in [0.717, 1.165) is 19.0 Å². The van der Waals surface area contributed by atoms with Crippen molar-refractivity contribution in [2.45, 2.75) is 77.2 Å². The van der Waals surface area contributed by atoms with Gasteiger partial charge in [0.25, 0.3) is 0 Å². The summed E-state index contributed by atoms with van der Waals surface area (Å²) in [6.45, 7) is 3.99. The molecule has 1 unspecified atom stereocenters. The summed E-state index contributed by atoms with van der Waals surface area (Å²) in [5.74, 6) is -0.364. The average molecular weight is 281 g/mol. The number of halogens is 1. The molecule has 20 heavy (non-hydrogen) atoms. The molecule has 2 nitrogen and oxygen atoms in total. The van der Waals surface area contributed by atoms with E-state index in [-0.39, 0.29) is 5.82 Å². The van der Waals surface area contributed by atoms with E-state index < -0.39 is 5.60 Å². The van der Waals surface area contributed by atoms with Crippen LogP contribution < -0.4 is 0 Å². The van der Waals surface area contributed by atoms with E-state index in [0.29, 0.717) is 12.1 Å². The Balaban J connectivity index is 2.18. The number of pyridine rings is 1. The van der Waals surface area contributed by atoms with Gasteiger partial charge in [-0.1, -0.05) is 58.3 Å². The predicted octanol–water partition coefficient (Wildman–Crippen LogP) is 4.96. The summed E-state index contributed by atoms with van der Waals surface area (Å²) in [7, 11) is 0. The van der Waals surface area contributed by atoms with Crippen molar-refractivity contribution in [2.75, 3.05) is 0 Å². The van der Waals surface area contributed by atoms with E-state index in [2.05, 4.69) is 11.9 Å². The van der Waals surface area contributed by atoms with Crippen LogP contribution in [0.15, 0.2) is 18.3 Å². The van der Waals surface area contributed by atoms with Gasteiger partial charge in [-0.25, -0.2) is 4.39 Å². The Bertz CT molecular complexity index is 362. The normalized spacial score (nSPS) is 14.2. The second kappa shape index (κ2) is 9.06. The second-order valence-corrected chi connectivity index (χ2v) is 5.86. The third-order valence-electron chi connectivity index (χ3n) is 3.80. The van der Waals surface area contributed by atoms with Crippen LogP contribution in [0.1, 0.15) is 77.3 Å². The maximum Gasteiger partial charge on any atom is 0.141 e. The number of hydrogen-bond acceptors (Lipinski definition) is 2. The van der Waals surface area contributed by atoms with E-state index in [9.17, 15) is 9.50 Å². The highest BCUT2D eigenvalue weighted by Crippen LogP contribution is 2.25. The van der Waals surface area contributed by atoms with Crippen LogP contribution in [0.25, 0.3) is 0 Å². The van der Waals surface area contributed by atoms with E-state index in [1.54, 1.807) is 13.0 Å². The zero-order chi connectivity index (χ0) is 14.8. The minimum absolute atomic E-state index is 0.364. The molecule has 1 aromatic rings. The van der Waals surface area contributed by atoms with Gasteiger partial charge in [-0.05, 0) is 25.5 Å². The topological polar surface area (TPSA) is 33.1 Å². The molecule has 0 saturated heterocycles. The Hall–Kier alpha value is -0.960. The van der Waals surface area contributed by atoms with Gasteiger partial charge in [-0.2, -0.15) is 0 Å². The van der Waals surface area contributed by atoms with Gasteiger partial charge in [0, 0.05) is 0 Å². The fourth-order valence-corrected chi connectivity index (χ4v) is 2.43. The molecule has 1 aromatic heterocycles. The molecule has 1 N–H and O–H groups in total. The lowest BCUT2D eigenvalue weighted by atomic mass is 9.93. The molecule has 0 amide bonds. The van der Waals surface area contributed by atoms with Crippen LogP contribution in [0.4, 0.5) is 4.39 Å². The number of aliphatic hydroxyl groups is 1. The number of hydrogen-bond donors (Lipinski definition) is 1. The molecule has 0 saturated carbocycles. The highest BCUT2D eigenvalue weighted by molar-refractivity contribution is 5.12. The predicted molar refractivity (Wildman–Crippen MR) is 81.0 cm³/mol. The van der Waals surface area contributed by atoms with Gasteiger partial charge in [0.2, 0.25) is 0 Å². The first-order valence-corrected chi connectivity index (χ1v) is 7.90. The quantitative estimate of drug-likeness (QED) is 0.615. The molecule has 0 aliphatic carbocycles. The van der Waals surface area contributed by atoms with Crippen LogP contribution in [0.5, 0.6) is 0 Å². The minimum atomic E-state index is -0.949. The van der Waals surface area contributed by atoms with E-state index >= 15 is 0 Å². The van der Waals surface area contributed by atoms with Crippen molar-refractivity contribution in [3.63, 3.8) is 0 Å². The lowest BCUT2D eigenvalue weighted by Gasteiger charge is -2.22. The van der Waals surface area contributed by atoms with Crippen molar-refractivity contribution in [2.24, 2.45) is 0 Å². The van der Waals surface area contributed by atoms with Gasteiger partial charge in [0.1, 0.15) is 11.4 Å². The average Bonchev–Trinajstić information content (AvgIpc) is 2.42. The Morgan fingerprint density at radius 3 is 2.20 bits per heavy atom. The van der Waals surface area contributed by atoms with Gasteiger partial charge in [-0.3, -0.25) is 4.98 Å². The largest absolute Gasteiger partial charge is 0.384 e. The Morgan fingerprint density at radius 1 is 1.05 bits per heavy atom. The Kier molecular flexibility index (Phi) is 7.75. The number of nitrogens with zero attached hydrogens (tertiary/aromatic N) is 1. The molecule has 114 valence electrons. The van der Waals surface area contributed by atoms with Gasteiger partial charge in [-0.15, -0.1) is 0 Å². The van der Waals surface area contributed by atoms with Crippen LogP contribution in [-0.2, 0) is 5.60 Å². The molecule has 0 aliphatic rings. The molecule has 0 radical (unpaired) electrons. The highest BCUT2D eigenvalue weighted by Gasteiger charge is 2.23. The van der Waals surface area contributed by atoms with Crippen molar-refractivity contribution in [1.82, 2.24) is 4.98 Å². The van der Waals surface area contributed by atoms with E-state index in [4.69, 9.17) is 0 Å². The maximum absolute atomic E-state index is 12.8. The molecule has 0 spiro atoms. The standard InChI is InChI=1S/C17H28FNO/c1-3-4-5-6-7-8-9-10-13-17(2,20)16-12-11-15(18)14-19-16/h11-12,14,20H,3-10,13H2,1-2H3. The zero-order valence-electron chi connectivity index (χ0n) is 12.9. The number of aromatic nitrogens is 1. The van der Waals surface area contributed by atoms with Crippen molar-refractivity contribution in [1.29, 1.82) is 0 Å². The molecule has 0 bridgehead atoms. The Labute approximate surface area is 122 Å². The zero-order valence-corrected chi connectivity index (χ0v) is 12.9. The molecule has 0 fully saturated rings. The molecular formula is C17H28FNO. The first-order valence-electron chi connectivity index (χ1n) is 7.90. The summed E-state index contributed by atoms with van der Waals surface area (Å²) >= 11 is 0. The monoisotopic (exact) mass is 281 g/mol. The first kappa shape index (κ1) is 17.1. The molecule has 1 atom stereocenters. The van der Waals surface area contributed by atoms with Gasteiger partial charge in [0.15, 0.2) is 0 Å². The minimum Gasteiger partial charge on any atom is -0.384 e. The molecular weight excluding hydrogens is 253 g/mol. The Morgan fingerprint density at radius 2 is 1.65 bits per heavy atom. The summed E-state index contributed by atoms with van der Waals surface area (Å²) in [5.41, 5.74) is -0.391. The summed E-state index contributed by atoms with van der Waals surface area (Å²) in [6, 6.07) is 2.92. The summed E-state index contributed by atoms with van der Waals surface area (Å²) in [6.07, 6.45) is 11.8. The lowest BCUT2D eigenvalue weighted by molar-refractivity contribution is 0.0403. The third-order valence-corrected chi connectivity index (χ3v) is 3.80. The van der Waals surface area contributed by atoms with Crippen molar-refractivity contribution in [3.05, 3.63) is 29.8 Å². The van der Waals surface area contributed by atoms with Crippen LogP contribution in [0, 0.1) is 5.82 Å². The SMILES string of the molecule is CCCCCCCCCCC(C)(O)c1ccc(F)cn1. The van der Waals surface area contributed by atoms with Gasteiger partial charge in [0.05, 0.1) is 11.9 Å². The molecule has 0 aromatic carbocycles. The summed E-state index contributed by atoms with van der Waals surface area (Å²) < 4.78 is 12.8. The fraction of sp³-hybridized carbons (Fsp3) is 0.706. The fourth-order valence-electron chi connectivity index (χ4n) is 2.43. The summed E-state index contributed by atoms with van der Waals surface area (Å²) in [4.78, 5) is 3.97. The third kappa shape index (κ3) is 6.47. The molecule has 3 heteroatoms. The molecule has 0 aliphatic heterocycles. The maximum atomic E-state index is 12.8. The highest BCUT2D eigenvalue weighted by atomic mass is 19.1. The van der Waals surface area contributed by atoms with Gasteiger partial charge >= 0.3 is 0 Å². The number of rotatable bonds is 10. The molecule has 1 heterocycles. The van der Waals surface area contributed by atoms with E-state index in [1.165, 1.54) is 44.6 Å². The van der Waals surface area contributed by atoms with Crippen molar-refractivity contribution in [3.8, 4) is 0 Å². The second-order valence-electron chi connectivity index (χ2n) is 5.86. The first-order chi connectivity index (χ1) is 9.56. The summed E-state index contributed by atoms with van der Waals surface area (Å²) in [5, 5.41) is 10.4. The van der Waals surface area contributed by atoms with Crippen molar-refractivity contribution >= 4 is 0 Å². The van der Waals surface area contributed by atoms with Crippen LogP contribution >= 0.6 is 0 Å². The van der Waals surface area contributed by atoms with Crippen LogP contribution in [0.3, 0.4) is 0 Å². The van der Waals surface area contributed by atoms with E-state index in [1.807, 2.05) is 0 Å². The van der Waals surface area contributed by atoms with Crippen LogP contribution in [0.2, 0.25) is 0 Å². The van der Waals surface area contributed by atoms with Gasteiger partial charge < -0.3 is 5.11 Å². The number of unbranched alkanes of at least 4 members (excludes halogenated alkanes) is 7. The lowest BCUT2D eigenvalue weighted by Crippen LogP contribution is -2.22. The van der Waals surface area contributed by atoms with Crippen molar-refractivity contribution < 1.29 is 9.50 Å². The van der Waals surface area contributed by atoms with Crippen LogP contribution in [-0.4, -0.2) is 10.1 Å². The smallest absolute Gasteiger partial charge is 0.141 e.